The topological polar surface area (TPSA) is 135 Å². The third kappa shape index (κ3) is 6.94. The lowest BCUT2D eigenvalue weighted by Crippen LogP contribution is -2.46. The molecular weight excluding hydrogens is 446 g/mol. The predicted molar refractivity (Wildman–Crippen MR) is 126 cm³/mol. The number of nitrogens with one attached hydrogen (secondary N) is 3. The molecular formula is C23H22ClN5O4. The van der Waals surface area contributed by atoms with E-state index >= 15 is 0 Å². The maximum absolute atomic E-state index is 12.8. The molecule has 0 saturated carbocycles. The second-order valence-corrected chi connectivity index (χ2v) is 7.54. The minimum Gasteiger partial charge on any atom is -0.370 e. The number of urea groups is 1. The van der Waals surface area contributed by atoms with Crippen LogP contribution in [0.5, 0.6) is 0 Å². The van der Waals surface area contributed by atoms with E-state index in [2.05, 4.69) is 16.0 Å². The number of amides is 4. The molecule has 0 saturated heterocycles. The van der Waals surface area contributed by atoms with Gasteiger partial charge >= 0.3 is 6.03 Å². The molecule has 170 valence electrons. The Morgan fingerprint density at radius 1 is 0.909 bits per heavy atom. The smallest absolute Gasteiger partial charge is 0.319 e. The molecule has 0 fully saturated rings. The lowest BCUT2D eigenvalue weighted by atomic mass is 10.1. The van der Waals surface area contributed by atoms with Crippen LogP contribution in [0, 0.1) is 0 Å². The van der Waals surface area contributed by atoms with Gasteiger partial charge in [0.15, 0.2) is 0 Å². The zero-order valence-electron chi connectivity index (χ0n) is 17.5. The number of rotatable bonds is 8. The Hall–Kier alpha value is -4.11. The molecule has 0 bridgehead atoms. The Morgan fingerprint density at radius 2 is 1.55 bits per heavy atom. The summed E-state index contributed by atoms with van der Waals surface area (Å²) in [5.74, 6) is -1.11. The minimum atomic E-state index is -1.01. The van der Waals surface area contributed by atoms with Crippen LogP contribution in [0.3, 0.4) is 0 Å². The van der Waals surface area contributed by atoms with Crippen LogP contribution in [-0.4, -0.2) is 28.5 Å². The molecule has 10 heteroatoms. The van der Waals surface area contributed by atoms with Crippen molar-refractivity contribution in [2.75, 3.05) is 10.6 Å². The maximum Gasteiger partial charge on any atom is 0.319 e. The number of nitrogens with zero attached hydrogens (tertiary/aromatic N) is 1. The molecule has 0 aliphatic carbocycles. The maximum atomic E-state index is 12.8. The van der Waals surface area contributed by atoms with Crippen molar-refractivity contribution in [3.63, 3.8) is 0 Å². The van der Waals surface area contributed by atoms with Crippen molar-refractivity contribution in [1.82, 2.24) is 9.88 Å². The first-order valence-electron chi connectivity index (χ1n) is 10.0. The van der Waals surface area contributed by atoms with Crippen molar-refractivity contribution < 1.29 is 14.4 Å². The van der Waals surface area contributed by atoms with Crippen LogP contribution in [-0.2, 0) is 9.59 Å². The second kappa shape index (κ2) is 11.0. The molecule has 9 nitrogen and oxygen atoms in total. The van der Waals surface area contributed by atoms with Gasteiger partial charge < -0.3 is 21.7 Å². The number of hydrogen-bond donors (Lipinski definition) is 4. The Bertz CT molecular complexity index is 1190. The Kier molecular flexibility index (Phi) is 7.82. The van der Waals surface area contributed by atoms with Crippen LogP contribution in [0.25, 0.3) is 5.69 Å². The summed E-state index contributed by atoms with van der Waals surface area (Å²) in [6.07, 6.45) is 1.57. The monoisotopic (exact) mass is 467 g/mol. The molecule has 0 spiro atoms. The number of pyridine rings is 1. The first-order valence-corrected chi connectivity index (χ1v) is 10.4. The number of halogens is 1. The van der Waals surface area contributed by atoms with Gasteiger partial charge in [0.1, 0.15) is 6.04 Å². The summed E-state index contributed by atoms with van der Waals surface area (Å²) in [5, 5.41) is 8.37. The second-order valence-electron chi connectivity index (χ2n) is 7.11. The normalized spacial score (nSPS) is 11.3. The highest BCUT2D eigenvalue weighted by Gasteiger charge is 2.22. The van der Waals surface area contributed by atoms with E-state index in [4.69, 9.17) is 17.3 Å². The van der Waals surface area contributed by atoms with E-state index in [1.54, 1.807) is 66.9 Å². The van der Waals surface area contributed by atoms with Gasteiger partial charge in [-0.15, -0.1) is 0 Å². The van der Waals surface area contributed by atoms with E-state index in [1.165, 1.54) is 10.6 Å². The number of anilines is 2. The van der Waals surface area contributed by atoms with Crippen molar-refractivity contribution in [2.24, 2.45) is 5.73 Å². The highest BCUT2D eigenvalue weighted by molar-refractivity contribution is 6.30. The van der Waals surface area contributed by atoms with Crippen molar-refractivity contribution >= 4 is 40.8 Å². The molecule has 1 heterocycles. The fourth-order valence-electron chi connectivity index (χ4n) is 2.99. The highest BCUT2D eigenvalue weighted by atomic mass is 35.5. The molecule has 1 aromatic heterocycles. The van der Waals surface area contributed by atoms with Crippen molar-refractivity contribution in [3.05, 3.63) is 88.3 Å². The predicted octanol–water partition coefficient (Wildman–Crippen LogP) is 2.89. The van der Waals surface area contributed by atoms with E-state index in [-0.39, 0.29) is 18.4 Å². The van der Waals surface area contributed by atoms with E-state index in [0.29, 0.717) is 22.1 Å². The molecule has 0 radical (unpaired) electrons. The lowest BCUT2D eigenvalue weighted by molar-refractivity contribution is -0.119. The fraction of sp³-hybridized carbons (Fsp3) is 0.130. The number of primary amides is 1. The number of benzene rings is 2. The molecule has 1 atom stereocenters. The van der Waals surface area contributed by atoms with Gasteiger partial charge in [0, 0.05) is 40.8 Å². The zero-order chi connectivity index (χ0) is 23.8. The first-order chi connectivity index (χ1) is 15.8. The Morgan fingerprint density at radius 3 is 2.18 bits per heavy atom. The van der Waals surface area contributed by atoms with Gasteiger partial charge in [-0.2, -0.15) is 0 Å². The van der Waals surface area contributed by atoms with Crippen LogP contribution in [0.15, 0.2) is 77.7 Å². The summed E-state index contributed by atoms with van der Waals surface area (Å²) in [6.45, 7) is 0. The molecule has 0 unspecified atom stereocenters. The minimum absolute atomic E-state index is 0.0205. The molecule has 4 amide bonds. The van der Waals surface area contributed by atoms with Gasteiger partial charge in [0.05, 0.1) is 0 Å². The number of aromatic nitrogens is 1. The molecule has 0 aliphatic heterocycles. The molecule has 5 N–H and O–H groups in total. The molecule has 0 aliphatic rings. The van der Waals surface area contributed by atoms with Gasteiger partial charge in [-0.3, -0.25) is 19.0 Å². The van der Waals surface area contributed by atoms with Gasteiger partial charge in [0.2, 0.25) is 11.8 Å². The quantitative estimate of drug-likeness (QED) is 0.405. The average Bonchev–Trinajstić information content (AvgIpc) is 2.79. The third-order valence-corrected chi connectivity index (χ3v) is 4.89. The molecule has 33 heavy (non-hydrogen) atoms. The average molecular weight is 468 g/mol. The van der Waals surface area contributed by atoms with E-state index in [0.717, 1.165) is 0 Å². The zero-order valence-corrected chi connectivity index (χ0v) is 18.2. The van der Waals surface area contributed by atoms with Crippen molar-refractivity contribution in [1.29, 1.82) is 0 Å². The highest BCUT2D eigenvalue weighted by Crippen LogP contribution is 2.15. The van der Waals surface area contributed by atoms with Crippen LogP contribution in [0.2, 0.25) is 5.02 Å². The summed E-state index contributed by atoms with van der Waals surface area (Å²) < 4.78 is 1.46. The summed E-state index contributed by atoms with van der Waals surface area (Å²) >= 11 is 5.83. The van der Waals surface area contributed by atoms with Gasteiger partial charge in [-0.1, -0.05) is 17.7 Å². The molecule has 3 aromatic rings. The summed E-state index contributed by atoms with van der Waals surface area (Å²) in [6, 6.07) is 16.3. The molecule has 2 aromatic carbocycles. The first kappa shape index (κ1) is 23.6. The fourth-order valence-corrected chi connectivity index (χ4v) is 3.12. The Labute approximate surface area is 194 Å². The number of nitrogens with two attached hydrogens (primary N) is 1. The van der Waals surface area contributed by atoms with Gasteiger partial charge in [0.25, 0.3) is 5.56 Å². The third-order valence-electron chi connectivity index (χ3n) is 4.64. The number of carbonyl (C=O) groups is 3. The van der Waals surface area contributed by atoms with Gasteiger partial charge in [-0.25, -0.2) is 4.79 Å². The van der Waals surface area contributed by atoms with Crippen molar-refractivity contribution in [2.45, 2.75) is 18.9 Å². The largest absolute Gasteiger partial charge is 0.370 e. The lowest BCUT2D eigenvalue weighted by Gasteiger charge is -2.18. The van der Waals surface area contributed by atoms with Crippen LogP contribution < -0.4 is 27.2 Å². The van der Waals surface area contributed by atoms with Crippen molar-refractivity contribution in [3.8, 4) is 5.69 Å². The van der Waals surface area contributed by atoms with Crippen LogP contribution in [0.4, 0.5) is 16.2 Å². The standard InChI is InChI=1S/C23H22ClN5O4/c24-15-4-6-17(7-5-15)27-23(33)28-19(12-13-20(25)30)22(32)26-16-8-10-18(11-9-16)29-14-2-1-3-21(29)31/h1-11,14,19H,12-13H2,(H2,25,30)(H,26,32)(H2,27,28,33)/t19-/m0/s1. The summed E-state index contributed by atoms with van der Waals surface area (Å²) in [7, 11) is 0. The number of carbonyl (C=O) groups excluding carboxylic acids is 3. The SMILES string of the molecule is NC(=O)CC[C@H](NC(=O)Nc1ccc(Cl)cc1)C(=O)Nc1ccc(-n2ccccc2=O)cc1. The summed E-state index contributed by atoms with van der Waals surface area (Å²) in [5.41, 5.74) is 6.59. The van der Waals surface area contributed by atoms with E-state index in [1.807, 2.05) is 0 Å². The Balaban J connectivity index is 1.67. The van der Waals surface area contributed by atoms with E-state index < -0.39 is 23.9 Å². The molecule has 3 rings (SSSR count). The van der Waals surface area contributed by atoms with Gasteiger partial charge in [-0.05, 0) is 61.0 Å². The number of hydrogen-bond acceptors (Lipinski definition) is 4. The van der Waals surface area contributed by atoms with E-state index in [9.17, 15) is 19.2 Å². The van der Waals surface area contributed by atoms with Crippen LogP contribution in [0.1, 0.15) is 12.8 Å². The van der Waals surface area contributed by atoms with Crippen LogP contribution >= 0.6 is 11.6 Å². The summed E-state index contributed by atoms with van der Waals surface area (Å²) in [4.78, 5) is 48.3.